The third-order valence-corrected chi connectivity index (χ3v) is 5.20. The van der Waals surface area contributed by atoms with Gasteiger partial charge in [0, 0.05) is 32.2 Å². The predicted octanol–water partition coefficient (Wildman–Crippen LogP) is 2.36. The van der Waals surface area contributed by atoms with Gasteiger partial charge in [-0.15, -0.1) is 0 Å². The molecule has 0 bridgehead atoms. The molecule has 2 atom stereocenters. The van der Waals surface area contributed by atoms with E-state index < -0.39 is 18.8 Å². The van der Waals surface area contributed by atoms with Crippen LogP contribution in [0.2, 0.25) is 0 Å². The molecular formula is C18H24F3N3O. The molecule has 2 heterocycles. The number of carbonyl (C=O) groups excluding carboxylic acids is 1. The van der Waals surface area contributed by atoms with Crippen molar-refractivity contribution in [2.24, 2.45) is 0 Å². The number of likely N-dealkylation sites (N-methyl/N-ethyl adjacent to an activating group) is 1. The van der Waals surface area contributed by atoms with Gasteiger partial charge in [-0.25, -0.2) is 0 Å². The number of halogens is 3. The summed E-state index contributed by atoms with van der Waals surface area (Å²) in [6.07, 6.45) is -2.92. The summed E-state index contributed by atoms with van der Waals surface area (Å²) in [5, 5.41) is 0. The molecule has 0 saturated carbocycles. The zero-order valence-electron chi connectivity index (χ0n) is 14.4. The normalized spacial score (nSPS) is 25.3. The lowest BCUT2D eigenvalue weighted by atomic mass is 10.1. The number of hydrogen-bond acceptors (Lipinski definition) is 3. The Bertz CT molecular complexity index is 593. The van der Waals surface area contributed by atoms with E-state index in [0.29, 0.717) is 6.42 Å². The van der Waals surface area contributed by atoms with Gasteiger partial charge >= 0.3 is 6.18 Å². The van der Waals surface area contributed by atoms with Crippen LogP contribution in [0.25, 0.3) is 0 Å². The van der Waals surface area contributed by atoms with Crippen LogP contribution in [0, 0.1) is 0 Å². The highest BCUT2D eigenvalue weighted by Gasteiger charge is 2.42. The Kier molecular flexibility index (Phi) is 5.34. The van der Waals surface area contributed by atoms with Crippen LogP contribution in [0.5, 0.6) is 0 Å². The SMILES string of the molecule is CN([C@H]1CCN(Cc2ccccc2)C1)[C@H]1CCN(CC(F)(F)F)C1=O. The molecule has 0 radical (unpaired) electrons. The Hall–Kier alpha value is -1.60. The number of nitrogens with zero attached hydrogens (tertiary/aromatic N) is 3. The molecule has 7 heteroatoms. The second kappa shape index (κ2) is 7.33. The highest BCUT2D eigenvalue weighted by atomic mass is 19.4. The van der Waals surface area contributed by atoms with E-state index in [0.717, 1.165) is 31.0 Å². The van der Waals surface area contributed by atoms with Gasteiger partial charge in [0.25, 0.3) is 0 Å². The largest absolute Gasteiger partial charge is 0.406 e. The lowest BCUT2D eigenvalue weighted by molar-refractivity contribution is -0.159. The average Bonchev–Trinajstić information content (AvgIpc) is 3.14. The third kappa shape index (κ3) is 4.52. The Morgan fingerprint density at radius 3 is 2.56 bits per heavy atom. The molecule has 1 amide bonds. The van der Waals surface area contributed by atoms with E-state index in [9.17, 15) is 18.0 Å². The molecule has 1 aromatic carbocycles. The van der Waals surface area contributed by atoms with Gasteiger partial charge in [0.2, 0.25) is 5.91 Å². The standard InChI is InChI=1S/C18H24F3N3O/c1-22(16-8-10-24(17(16)25)13-18(19,20)21)15-7-9-23(12-15)11-14-5-3-2-4-6-14/h2-6,15-16H,7-13H2,1H3/t15-,16-/m0/s1. The molecule has 0 unspecified atom stereocenters. The van der Waals surface area contributed by atoms with E-state index in [1.807, 2.05) is 30.1 Å². The van der Waals surface area contributed by atoms with Gasteiger partial charge in [-0.3, -0.25) is 14.6 Å². The second-order valence-electron chi connectivity index (χ2n) is 7.01. The van der Waals surface area contributed by atoms with Gasteiger partial charge in [0.05, 0.1) is 6.04 Å². The van der Waals surface area contributed by atoms with Gasteiger partial charge in [0.15, 0.2) is 0 Å². The Morgan fingerprint density at radius 1 is 1.16 bits per heavy atom. The molecular weight excluding hydrogens is 331 g/mol. The number of carbonyl (C=O) groups is 1. The first-order valence-electron chi connectivity index (χ1n) is 8.67. The first kappa shape index (κ1) is 18.2. The quantitative estimate of drug-likeness (QED) is 0.811. The summed E-state index contributed by atoms with van der Waals surface area (Å²) in [5.41, 5.74) is 1.25. The molecule has 2 aliphatic rings. The van der Waals surface area contributed by atoms with Crippen molar-refractivity contribution in [1.29, 1.82) is 0 Å². The summed E-state index contributed by atoms with van der Waals surface area (Å²) in [4.78, 5) is 17.6. The van der Waals surface area contributed by atoms with Gasteiger partial charge in [-0.1, -0.05) is 30.3 Å². The Balaban J connectivity index is 1.54. The van der Waals surface area contributed by atoms with Gasteiger partial charge in [-0.2, -0.15) is 13.2 Å². The minimum Gasteiger partial charge on any atom is -0.332 e. The lowest BCUT2D eigenvalue weighted by Gasteiger charge is -2.29. The van der Waals surface area contributed by atoms with Gasteiger partial charge < -0.3 is 4.90 Å². The van der Waals surface area contributed by atoms with E-state index >= 15 is 0 Å². The predicted molar refractivity (Wildman–Crippen MR) is 88.9 cm³/mol. The number of likely N-dealkylation sites (tertiary alicyclic amines) is 2. The van der Waals surface area contributed by atoms with Crippen LogP contribution in [-0.2, 0) is 11.3 Å². The molecule has 25 heavy (non-hydrogen) atoms. The number of hydrogen-bond donors (Lipinski definition) is 0. The first-order chi connectivity index (χ1) is 11.8. The second-order valence-corrected chi connectivity index (χ2v) is 7.01. The lowest BCUT2D eigenvalue weighted by Crippen LogP contribution is -2.47. The number of benzene rings is 1. The van der Waals surface area contributed by atoms with Crippen molar-refractivity contribution in [3.8, 4) is 0 Å². The minimum absolute atomic E-state index is 0.188. The minimum atomic E-state index is -4.33. The Morgan fingerprint density at radius 2 is 1.88 bits per heavy atom. The first-order valence-corrected chi connectivity index (χ1v) is 8.67. The van der Waals surface area contributed by atoms with Crippen molar-refractivity contribution in [2.75, 3.05) is 33.2 Å². The maximum absolute atomic E-state index is 12.6. The maximum atomic E-state index is 12.6. The van der Waals surface area contributed by atoms with Crippen LogP contribution in [-0.4, -0.2) is 72.1 Å². The molecule has 2 fully saturated rings. The molecule has 0 N–H and O–H groups in total. The topological polar surface area (TPSA) is 26.8 Å². The van der Waals surface area contributed by atoms with E-state index in [1.54, 1.807) is 0 Å². The fraction of sp³-hybridized carbons (Fsp3) is 0.611. The van der Waals surface area contributed by atoms with Crippen molar-refractivity contribution in [1.82, 2.24) is 14.7 Å². The number of amides is 1. The summed E-state index contributed by atoms with van der Waals surface area (Å²) in [6, 6.07) is 9.98. The molecule has 1 aromatic rings. The summed E-state index contributed by atoms with van der Waals surface area (Å²) in [7, 11) is 1.87. The van der Waals surface area contributed by atoms with Crippen molar-refractivity contribution >= 4 is 5.91 Å². The Labute approximate surface area is 146 Å². The van der Waals surface area contributed by atoms with Crippen LogP contribution in [0.3, 0.4) is 0 Å². The number of rotatable bonds is 5. The monoisotopic (exact) mass is 355 g/mol. The summed E-state index contributed by atoms with van der Waals surface area (Å²) >= 11 is 0. The fourth-order valence-corrected chi connectivity index (χ4v) is 3.86. The summed E-state index contributed by atoms with van der Waals surface area (Å²) in [5.74, 6) is -0.388. The van der Waals surface area contributed by atoms with Gasteiger partial charge in [-0.05, 0) is 25.5 Å². The summed E-state index contributed by atoms with van der Waals surface area (Å²) in [6.45, 7) is 1.70. The van der Waals surface area contributed by atoms with Crippen LogP contribution in [0.15, 0.2) is 30.3 Å². The summed E-state index contributed by atoms with van der Waals surface area (Å²) < 4.78 is 37.7. The fourth-order valence-electron chi connectivity index (χ4n) is 3.86. The van der Waals surface area contributed by atoms with Crippen LogP contribution in [0.4, 0.5) is 13.2 Å². The number of alkyl halides is 3. The zero-order chi connectivity index (χ0) is 18.0. The molecule has 0 spiro atoms. The van der Waals surface area contributed by atoms with Gasteiger partial charge in [0.1, 0.15) is 6.54 Å². The van der Waals surface area contributed by atoms with E-state index in [2.05, 4.69) is 17.0 Å². The smallest absolute Gasteiger partial charge is 0.332 e. The zero-order valence-corrected chi connectivity index (χ0v) is 14.4. The van der Waals surface area contributed by atoms with Crippen LogP contribution >= 0.6 is 0 Å². The third-order valence-electron chi connectivity index (χ3n) is 5.20. The van der Waals surface area contributed by atoms with Crippen molar-refractivity contribution in [3.63, 3.8) is 0 Å². The highest BCUT2D eigenvalue weighted by Crippen LogP contribution is 2.26. The molecule has 4 nitrogen and oxygen atoms in total. The van der Waals surface area contributed by atoms with E-state index in [1.165, 1.54) is 5.56 Å². The van der Waals surface area contributed by atoms with Crippen molar-refractivity contribution < 1.29 is 18.0 Å². The van der Waals surface area contributed by atoms with Crippen molar-refractivity contribution in [2.45, 2.75) is 37.6 Å². The average molecular weight is 355 g/mol. The van der Waals surface area contributed by atoms with Crippen LogP contribution < -0.4 is 0 Å². The maximum Gasteiger partial charge on any atom is 0.406 e. The molecule has 0 aliphatic carbocycles. The molecule has 2 saturated heterocycles. The molecule has 138 valence electrons. The molecule has 0 aromatic heterocycles. The highest BCUT2D eigenvalue weighted by molar-refractivity contribution is 5.84. The van der Waals surface area contributed by atoms with Crippen LogP contribution in [0.1, 0.15) is 18.4 Å². The molecule has 3 rings (SSSR count). The van der Waals surface area contributed by atoms with Crippen molar-refractivity contribution in [3.05, 3.63) is 35.9 Å². The molecule has 2 aliphatic heterocycles. The van der Waals surface area contributed by atoms with E-state index in [4.69, 9.17) is 0 Å². The van der Waals surface area contributed by atoms with E-state index in [-0.39, 0.29) is 18.5 Å².